The first-order chi connectivity index (χ1) is 12.2. The second kappa shape index (κ2) is 5.95. The second-order valence-electron chi connectivity index (χ2n) is 5.38. The number of nitro benzene ring substituents is 1. The van der Waals surface area contributed by atoms with Crippen LogP contribution in [-0.4, -0.2) is 20.6 Å². The number of hydrogen-bond acceptors (Lipinski definition) is 5. The molecule has 122 valence electrons. The van der Waals surface area contributed by atoms with Crippen molar-refractivity contribution in [3.63, 3.8) is 0 Å². The molecular formula is C18H11N3O3S. The number of carbonyl (C=O) groups excluding carboxylic acids is 1. The molecule has 0 saturated carbocycles. The summed E-state index contributed by atoms with van der Waals surface area (Å²) in [7, 11) is 0. The minimum atomic E-state index is -0.460. The molecule has 2 heterocycles. The van der Waals surface area contributed by atoms with Crippen LogP contribution < -0.4 is 0 Å². The highest BCUT2D eigenvalue weighted by molar-refractivity contribution is 7.15. The van der Waals surface area contributed by atoms with Gasteiger partial charge in [0.05, 0.1) is 10.6 Å². The molecule has 2 aromatic heterocycles. The SMILES string of the molecule is O=Cc1c(-c2cccc([N+](=O)[O-])c2)nc2scc(-c3ccccc3)n12. The summed E-state index contributed by atoms with van der Waals surface area (Å²) in [6, 6.07) is 15.9. The highest BCUT2D eigenvalue weighted by Crippen LogP contribution is 2.33. The van der Waals surface area contributed by atoms with E-state index in [9.17, 15) is 14.9 Å². The van der Waals surface area contributed by atoms with Gasteiger partial charge in [-0.25, -0.2) is 4.98 Å². The third-order valence-corrected chi connectivity index (χ3v) is 4.74. The van der Waals surface area contributed by atoms with Gasteiger partial charge in [0.15, 0.2) is 11.2 Å². The molecule has 0 bridgehead atoms. The van der Waals surface area contributed by atoms with Gasteiger partial charge >= 0.3 is 0 Å². The number of aldehydes is 1. The van der Waals surface area contributed by atoms with E-state index in [1.165, 1.54) is 23.5 Å². The topological polar surface area (TPSA) is 77.5 Å². The number of aromatic nitrogens is 2. The van der Waals surface area contributed by atoms with Gasteiger partial charge in [-0.3, -0.25) is 19.3 Å². The maximum atomic E-state index is 11.8. The maximum absolute atomic E-state index is 11.8. The first kappa shape index (κ1) is 15.2. The molecule has 0 N–H and O–H groups in total. The Balaban J connectivity index is 1.95. The lowest BCUT2D eigenvalue weighted by atomic mass is 10.1. The number of nitro groups is 1. The molecule has 0 unspecified atom stereocenters. The van der Waals surface area contributed by atoms with E-state index in [0.29, 0.717) is 21.9 Å². The number of thiazole rings is 1. The second-order valence-corrected chi connectivity index (χ2v) is 6.21. The molecule has 0 aliphatic rings. The van der Waals surface area contributed by atoms with Gasteiger partial charge in [-0.2, -0.15) is 0 Å². The van der Waals surface area contributed by atoms with Crippen LogP contribution in [0.4, 0.5) is 5.69 Å². The number of nitrogens with zero attached hydrogens (tertiary/aromatic N) is 3. The van der Waals surface area contributed by atoms with Crippen LogP contribution in [0.25, 0.3) is 27.5 Å². The van der Waals surface area contributed by atoms with Crippen molar-refractivity contribution in [2.24, 2.45) is 0 Å². The Hall–Kier alpha value is -3.32. The summed E-state index contributed by atoms with van der Waals surface area (Å²) < 4.78 is 1.79. The highest BCUT2D eigenvalue weighted by Gasteiger charge is 2.19. The lowest BCUT2D eigenvalue weighted by molar-refractivity contribution is -0.384. The number of benzene rings is 2. The largest absolute Gasteiger partial charge is 0.296 e. The van der Waals surface area contributed by atoms with E-state index in [0.717, 1.165) is 17.5 Å². The molecular weight excluding hydrogens is 338 g/mol. The minimum absolute atomic E-state index is 0.0333. The van der Waals surface area contributed by atoms with Crippen molar-refractivity contribution in [2.75, 3.05) is 0 Å². The van der Waals surface area contributed by atoms with Gasteiger partial charge in [0, 0.05) is 23.1 Å². The first-order valence-electron chi connectivity index (χ1n) is 7.44. The van der Waals surface area contributed by atoms with E-state index in [1.807, 2.05) is 35.7 Å². The summed E-state index contributed by atoms with van der Waals surface area (Å²) in [6.07, 6.45) is 0.743. The summed E-state index contributed by atoms with van der Waals surface area (Å²) in [5.74, 6) is 0. The predicted octanol–water partition coefficient (Wildman–Crippen LogP) is 4.45. The Kier molecular flexibility index (Phi) is 3.62. The molecule has 0 atom stereocenters. The molecule has 6 nitrogen and oxygen atoms in total. The Morgan fingerprint density at radius 3 is 2.56 bits per heavy atom. The average molecular weight is 349 g/mol. The van der Waals surface area contributed by atoms with Crippen LogP contribution in [0.1, 0.15) is 10.5 Å². The lowest BCUT2D eigenvalue weighted by Gasteiger charge is -2.02. The smallest absolute Gasteiger partial charge is 0.270 e. The highest BCUT2D eigenvalue weighted by atomic mass is 32.1. The number of rotatable bonds is 4. The Morgan fingerprint density at radius 2 is 1.84 bits per heavy atom. The molecule has 7 heteroatoms. The third kappa shape index (κ3) is 2.50. The van der Waals surface area contributed by atoms with Crippen LogP contribution in [0, 0.1) is 10.1 Å². The molecule has 0 aliphatic carbocycles. The Morgan fingerprint density at radius 1 is 1.08 bits per heavy atom. The van der Waals surface area contributed by atoms with Gasteiger partial charge in [-0.15, -0.1) is 11.3 Å². The van der Waals surface area contributed by atoms with Crippen molar-refractivity contribution in [2.45, 2.75) is 0 Å². The molecule has 0 radical (unpaired) electrons. The summed E-state index contributed by atoms with van der Waals surface area (Å²) in [4.78, 5) is 27.5. The monoisotopic (exact) mass is 349 g/mol. The fraction of sp³-hybridized carbons (Fsp3) is 0. The summed E-state index contributed by atoms with van der Waals surface area (Å²) in [6.45, 7) is 0. The van der Waals surface area contributed by atoms with Gasteiger partial charge in [0.1, 0.15) is 11.4 Å². The van der Waals surface area contributed by atoms with Crippen molar-refractivity contribution < 1.29 is 9.72 Å². The third-order valence-electron chi connectivity index (χ3n) is 3.91. The zero-order chi connectivity index (χ0) is 17.4. The number of fused-ring (bicyclic) bond motifs is 1. The number of carbonyl (C=O) groups is 1. The molecule has 25 heavy (non-hydrogen) atoms. The molecule has 4 rings (SSSR count). The molecule has 0 spiro atoms. The van der Waals surface area contributed by atoms with Crippen LogP contribution in [0.5, 0.6) is 0 Å². The van der Waals surface area contributed by atoms with Crippen LogP contribution in [0.3, 0.4) is 0 Å². The summed E-state index contributed by atoms with van der Waals surface area (Å²) in [5.41, 5.74) is 3.19. The first-order valence-corrected chi connectivity index (χ1v) is 8.32. The minimum Gasteiger partial charge on any atom is -0.296 e. The summed E-state index contributed by atoms with van der Waals surface area (Å²) >= 11 is 1.42. The van der Waals surface area contributed by atoms with Gasteiger partial charge in [-0.05, 0) is 5.56 Å². The lowest BCUT2D eigenvalue weighted by Crippen LogP contribution is -1.94. The Bertz CT molecular complexity index is 1100. The van der Waals surface area contributed by atoms with Crippen LogP contribution in [0.15, 0.2) is 60.0 Å². The number of imidazole rings is 1. The van der Waals surface area contributed by atoms with Gasteiger partial charge in [-0.1, -0.05) is 42.5 Å². The molecule has 4 aromatic rings. The van der Waals surface area contributed by atoms with E-state index in [-0.39, 0.29) is 5.69 Å². The van der Waals surface area contributed by atoms with Crippen molar-refractivity contribution >= 4 is 28.3 Å². The van der Waals surface area contributed by atoms with Crippen LogP contribution in [-0.2, 0) is 0 Å². The molecule has 0 aliphatic heterocycles. The van der Waals surface area contributed by atoms with Crippen molar-refractivity contribution in [1.82, 2.24) is 9.38 Å². The van der Waals surface area contributed by atoms with Crippen molar-refractivity contribution in [3.05, 3.63) is 75.8 Å². The Labute approximate surface area is 146 Å². The maximum Gasteiger partial charge on any atom is 0.270 e. The van der Waals surface area contributed by atoms with E-state index in [4.69, 9.17) is 0 Å². The fourth-order valence-electron chi connectivity index (χ4n) is 2.78. The summed E-state index contributed by atoms with van der Waals surface area (Å²) in [5, 5.41) is 13.0. The number of non-ortho nitro benzene ring substituents is 1. The van der Waals surface area contributed by atoms with E-state index in [2.05, 4.69) is 4.98 Å². The van der Waals surface area contributed by atoms with E-state index >= 15 is 0 Å². The molecule has 0 amide bonds. The van der Waals surface area contributed by atoms with E-state index < -0.39 is 4.92 Å². The van der Waals surface area contributed by atoms with Gasteiger partial charge < -0.3 is 0 Å². The zero-order valence-electron chi connectivity index (χ0n) is 12.8. The number of hydrogen-bond donors (Lipinski definition) is 0. The van der Waals surface area contributed by atoms with Gasteiger partial charge in [0.25, 0.3) is 5.69 Å². The standard InChI is InChI=1S/C18H11N3O3S/c22-10-15-17(13-7-4-8-14(9-13)21(23)24)19-18-20(15)16(11-25-18)12-5-2-1-3-6-12/h1-11H. The molecule has 2 aromatic carbocycles. The fourth-order valence-corrected chi connectivity index (χ4v) is 3.68. The molecule has 0 saturated heterocycles. The van der Waals surface area contributed by atoms with E-state index in [1.54, 1.807) is 16.5 Å². The zero-order valence-corrected chi connectivity index (χ0v) is 13.6. The quantitative estimate of drug-likeness (QED) is 0.310. The van der Waals surface area contributed by atoms with Crippen LogP contribution >= 0.6 is 11.3 Å². The van der Waals surface area contributed by atoms with Gasteiger partial charge in [0.2, 0.25) is 0 Å². The van der Waals surface area contributed by atoms with Crippen LogP contribution in [0.2, 0.25) is 0 Å². The average Bonchev–Trinajstić information content (AvgIpc) is 3.21. The van der Waals surface area contributed by atoms with Crippen molar-refractivity contribution in [1.29, 1.82) is 0 Å². The molecule has 0 fully saturated rings. The normalized spacial score (nSPS) is 10.9. The van der Waals surface area contributed by atoms with Crippen molar-refractivity contribution in [3.8, 4) is 22.5 Å². The predicted molar refractivity (Wildman–Crippen MR) is 96.0 cm³/mol.